The SMILES string of the molecule is CC(CN)CCCN1CCSCC1C. The third-order valence-electron chi connectivity index (χ3n) is 3.05. The summed E-state index contributed by atoms with van der Waals surface area (Å²) in [7, 11) is 0. The molecule has 0 spiro atoms. The second-order valence-electron chi connectivity index (χ2n) is 4.44. The Morgan fingerprint density at radius 3 is 3.00 bits per heavy atom. The van der Waals surface area contributed by atoms with E-state index in [1.807, 2.05) is 0 Å². The zero-order chi connectivity index (χ0) is 10.4. The molecule has 0 bridgehead atoms. The monoisotopic (exact) mass is 216 g/mol. The number of nitrogens with two attached hydrogens (primary N) is 1. The van der Waals surface area contributed by atoms with Gasteiger partial charge in [0.25, 0.3) is 0 Å². The van der Waals surface area contributed by atoms with Crippen LogP contribution in [0, 0.1) is 5.92 Å². The molecule has 2 atom stereocenters. The smallest absolute Gasteiger partial charge is 0.0158 e. The van der Waals surface area contributed by atoms with Gasteiger partial charge in [-0.05, 0) is 38.8 Å². The first-order chi connectivity index (χ1) is 6.74. The third kappa shape index (κ3) is 4.20. The van der Waals surface area contributed by atoms with Crippen molar-refractivity contribution >= 4 is 11.8 Å². The highest BCUT2D eigenvalue weighted by atomic mass is 32.2. The second kappa shape index (κ2) is 6.70. The number of thioether (sulfide) groups is 1. The van der Waals surface area contributed by atoms with E-state index in [-0.39, 0.29) is 0 Å². The van der Waals surface area contributed by atoms with E-state index in [0.717, 1.165) is 12.6 Å². The predicted octanol–water partition coefficient (Wildman–Crippen LogP) is 1.80. The second-order valence-corrected chi connectivity index (χ2v) is 5.59. The molecule has 0 saturated carbocycles. The van der Waals surface area contributed by atoms with Crippen molar-refractivity contribution < 1.29 is 0 Å². The van der Waals surface area contributed by atoms with Crippen molar-refractivity contribution in [1.82, 2.24) is 4.90 Å². The summed E-state index contributed by atoms with van der Waals surface area (Å²) in [6.45, 7) is 7.98. The summed E-state index contributed by atoms with van der Waals surface area (Å²) in [5, 5.41) is 0. The van der Waals surface area contributed by atoms with Gasteiger partial charge in [0.05, 0.1) is 0 Å². The van der Waals surface area contributed by atoms with E-state index in [9.17, 15) is 0 Å². The topological polar surface area (TPSA) is 29.3 Å². The van der Waals surface area contributed by atoms with E-state index in [2.05, 4.69) is 30.5 Å². The summed E-state index contributed by atoms with van der Waals surface area (Å²) >= 11 is 2.09. The number of hydrogen-bond acceptors (Lipinski definition) is 3. The molecule has 1 rings (SSSR count). The molecular formula is C11H24N2S. The molecule has 0 aromatic carbocycles. The zero-order valence-electron chi connectivity index (χ0n) is 9.54. The van der Waals surface area contributed by atoms with Crippen LogP contribution in [0.25, 0.3) is 0 Å². The maximum atomic E-state index is 5.60. The molecule has 14 heavy (non-hydrogen) atoms. The normalized spacial score (nSPS) is 26.4. The fourth-order valence-electron chi connectivity index (χ4n) is 1.85. The molecule has 2 unspecified atom stereocenters. The van der Waals surface area contributed by atoms with Crippen molar-refractivity contribution in [1.29, 1.82) is 0 Å². The fourth-order valence-corrected chi connectivity index (χ4v) is 2.94. The first-order valence-corrected chi connectivity index (χ1v) is 6.91. The van der Waals surface area contributed by atoms with Crippen LogP contribution in [0.15, 0.2) is 0 Å². The molecular weight excluding hydrogens is 192 g/mol. The van der Waals surface area contributed by atoms with Crippen LogP contribution < -0.4 is 5.73 Å². The summed E-state index contributed by atoms with van der Waals surface area (Å²) in [5.74, 6) is 3.33. The van der Waals surface area contributed by atoms with Crippen molar-refractivity contribution in [3.05, 3.63) is 0 Å². The summed E-state index contributed by atoms with van der Waals surface area (Å²) in [6.07, 6.45) is 2.60. The minimum absolute atomic E-state index is 0.699. The lowest BCUT2D eigenvalue weighted by molar-refractivity contribution is 0.224. The van der Waals surface area contributed by atoms with E-state index >= 15 is 0 Å². The fraction of sp³-hybridized carbons (Fsp3) is 1.00. The molecule has 1 fully saturated rings. The quantitative estimate of drug-likeness (QED) is 0.760. The highest BCUT2D eigenvalue weighted by molar-refractivity contribution is 7.99. The van der Waals surface area contributed by atoms with Crippen LogP contribution in [0.1, 0.15) is 26.7 Å². The average Bonchev–Trinajstić information content (AvgIpc) is 2.20. The minimum atomic E-state index is 0.699. The minimum Gasteiger partial charge on any atom is -0.330 e. The van der Waals surface area contributed by atoms with E-state index in [0.29, 0.717) is 5.92 Å². The zero-order valence-corrected chi connectivity index (χ0v) is 10.4. The summed E-state index contributed by atoms with van der Waals surface area (Å²) in [5.41, 5.74) is 5.60. The summed E-state index contributed by atoms with van der Waals surface area (Å²) in [4.78, 5) is 2.62. The largest absolute Gasteiger partial charge is 0.330 e. The van der Waals surface area contributed by atoms with Gasteiger partial charge in [-0.1, -0.05) is 6.92 Å². The Balaban J connectivity index is 2.10. The standard InChI is InChI=1S/C11H24N2S/c1-10(8-12)4-3-5-13-6-7-14-9-11(13)2/h10-11H,3-9,12H2,1-2H3. The van der Waals surface area contributed by atoms with Gasteiger partial charge in [-0.2, -0.15) is 11.8 Å². The Hall–Kier alpha value is 0.270. The lowest BCUT2D eigenvalue weighted by atomic mass is 10.1. The number of nitrogens with zero attached hydrogens (tertiary/aromatic N) is 1. The van der Waals surface area contributed by atoms with E-state index in [1.54, 1.807) is 0 Å². The van der Waals surface area contributed by atoms with Gasteiger partial charge in [0.2, 0.25) is 0 Å². The van der Waals surface area contributed by atoms with Gasteiger partial charge in [-0.25, -0.2) is 0 Å². The molecule has 0 amide bonds. The average molecular weight is 216 g/mol. The van der Waals surface area contributed by atoms with E-state index in [1.165, 1.54) is 37.4 Å². The molecule has 1 aliphatic heterocycles. The van der Waals surface area contributed by atoms with Crippen LogP contribution in [-0.2, 0) is 0 Å². The van der Waals surface area contributed by atoms with Crippen molar-refractivity contribution in [2.24, 2.45) is 11.7 Å². The van der Waals surface area contributed by atoms with Gasteiger partial charge in [0, 0.05) is 24.1 Å². The Morgan fingerprint density at radius 2 is 2.36 bits per heavy atom. The first-order valence-electron chi connectivity index (χ1n) is 5.76. The molecule has 84 valence electrons. The summed E-state index contributed by atoms with van der Waals surface area (Å²) in [6, 6.07) is 0.780. The van der Waals surface area contributed by atoms with Crippen LogP contribution in [0.2, 0.25) is 0 Å². The molecule has 3 heteroatoms. The molecule has 1 saturated heterocycles. The lowest BCUT2D eigenvalue weighted by Gasteiger charge is -2.33. The van der Waals surface area contributed by atoms with Crippen molar-refractivity contribution in [3.8, 4) is 0 Å². The molecule has 0 radical (unpaired) electrons. The highest BCUT2D eigenvalue weighted by Gasteiger charge is 2.17. The van der Waals surface area contributed by atoms with Gasteiger partial charge in [0.1, 0.15) is 0 Å². The van der Waals surface area contributed by atoms with Gasteiger partial charge < -0.3 is 5.73 Å². The van der Waals surface area contributed by atoms with Gasteiger partial charge in [0.15, 0.2) is 0 Å². The molecule has 2 nitrogen and oxygen atoms in total. The molecule has 0 aromatic heterocycles. The Morgan fingerprint density at radius 1 is 1.57 bits per heavy atom. The summed E-state index contributed by atoms with van der Waals surface area (Å²) < 4.78 is 0. The van der Waals surface area contributed by atoms with Crippen LogP contribution in [-0.4, -0.2) is 42.1 Å². The maximum Gasteiger partial charge on any atom is 0.0158 e. The van der Waals surface area contributed by atoms with E-state index < -0.39 is 0 Å². The Kier molecular flexibility index (Phi) is 5.90. The van der Waals surface area contributed by atoms with Crippen LogP contribution in [0.4, 0.5) is 0 Å². The molecule has 0 aliphatic carbocycles. The third-order valence-corrected chi connectivity index (χ3v) is 4.24. The van der Waals surface area contributed by atoms with Crippen molar-refractivity contribution in [2.45, 2.75) is 32.7 Å². The predicted molar refractivity (Wildman–Crippen MR) is 65.8 cm³/mol. The van der Waals surface area contributed by atoms with Crippen molar-refractivity contribution in [3.63, 3.8) is 0 Å². The Labute approximate surface area is 92.6 Å². The van der Waals surface area contributed by atoms with Gasteiger partial charge in [-0.15, -0.1) is 0 Å². The lowest BCUT2D eigenvalue weighted by Crippen LogP contribution is -2.40. The van der Waals surface area contributed by atoms with Gasteiger partial charge in [-0.3, -0.25) is 4.90 Å². The Bertz CT molecular complexity index is 152. The molecule has 1 heterocycles. The van der Waals surface area contributed by atoms with E-state index in [4.69, 9.17) is 5.73 Å². The van der Waals surface area contributed by atoms with Crippen LogP contribution in [0.5, 0.6) is 0 Å². The van der Waals surface area contributed by atoms with Crippen molar-refractivity contribution in [2.75, 3.05) is 31.1 Å². The first kappa shape index (κ1) is 12.3. The van der Waals surface area contributed by atoms with Crippen LogP contribution >= 0.6 is 11.8 Å². The number of rotatable bonds is 5. The molecule has 0 aromatic rings. The highest BCUT2D eigenvalue weighted by Crippen LogP contribution is 2.16. The van der Waals surface area contributed by atoms with Crippen LogP contribution in [0.3, 0.4) is 0 Å². The number of hydrogen-bond donors (Lipinski definition) is 1. The maximum absolute atomic E-state index is 5.60. The molecule has 1 aliphatic rings. The molecule has 2 N–H and O–H groups in total. The van der Waals surface area contributed by atoms with Gasteiger partial charge >= 0.3 is 0 Å².